The van der Waals surface area contributed by atoms with Crippen LogP contribution in [0.5, 0.6) is 0 Å². The monoisotopic (exact) mass is 502 g/mol. The lowest BCUT2D eigenvalue weighted by atomic mass is 9.96. The van der Waals surface area contributed by atoms with Gasteiger partial charge >= 0.3 is 0 Å². The second-order valence-electron chi connectivity index (χ2n) is 8.94. The summed E-state index contributed by atoms with van der Waals surface area (Å²) in [5.41, 5.74) is 4.71. The molecule has 11 heteroatoms. The fourth-order valence-electron chi connectivity index (χ4n) is 3.84. The summed E-state index contributed by atoms with van der Waals surface area (Å²) in [6, 6.07) is 6.52. The Balaban J connectivity index is 1.67. The summed E-state index contributed by atoms with van der Waals surface area (Å²) in [6.07, 6.45) is -0.688. The number of aliphatic hydroxyl groups is 2. The zero-order valence-corrected chi connectivity index (χ0v) is 20.0. The number of aromatic nitrogens is 1. The van der Waals surface area contributed by atoms with Gasteiger partial charge in [-0.15, -0.1) is 11.3 Å². The van der Waals surface area contributed by atoms with E-state index in [0.29, 0.717) is 17.1 Å². The van der Waals surface area contributed by atoms with Crippen molar-refractivity contribution in [2.24, 2.45) is 5.73 Å². The number of carbonyl (C=O) groups is 2. The van der Waals surface area contributed by atoms with Crippen LogP contribution in [0, 0.1) is 11.6 Å². The van der Waals surface area contributed by atoms with Gasteiger partial charge in [0.05, 0.1) is 40.6 Å². The molecule has 2 aromatic heterocycles. The smallest absolute Gasteiger partial charge is 0.256 e. The number of benzene rings is 1. The molecule has 2 amide bonds. The summed E-state index contributed by atoms with van der Waals surface area (Å²) in [6.45, 7) is 4.80. The zero-order valence-electron chi connectivity index (χ0n) is 19.2. The number of amides is 2. The van der Waals surface area contributed by atoms with E-state index in [4.69, 9.17) is 5.73 Å². The first-order chi connectivity index (χ1) is 16.3. The molecule has 184 valence electrons. The summed E-state index contributed by atoms with van der Waals surface area (Å²) in [5, 5.41) is 22.9. The number of halogens is 2. The molecule has 3 aromatic rings. The van der Waals surface area contributed by atoms with Gasteiger partial charge in [0.2, 0.25) is 0 Å². The van der Waals surface area contributed by atoms with Crippen LogP contribution in [0.15, 0.2) is 30.3 Å². The Morgan fingerprint density at radius 1 is 1.29 bits per heavy atom. The van der Waals surface area contributed by atoms with E-state index in [0.717, 1.165) is 23.5 Å². The first-order valence-corrected chi connectivity index (χ1v) is 11.6. The zero-order chi connectivity index (χ0) is 25.7. The maximum atomic E-state index is 14.9. The Morgan fingerprint density at radius 3 is 2.51 bits per heavy atom. The molecular weight excluding hydrogens is 478 g/mol. The molecule has 0 radical (unpaired) electrons. The molecule has 0 saturated heterocycles. The van der Waals surface area contributed by atoms with Crippen LogP contribution in [-0.4, -0.2) is 44.6 Å². The minimum atomic E-state index is -1.44. The normalized spacial score (nSPS) is 14.3. The molecule has 0 aliphatic carbocycles. The third-order valence-corrected chi connectivity index (χ3v) is 6.62. The van der Waals surface area contributed by atoms with Crippen LogP contribution in [0.1, 0.15) is 52.7 Å². The molecule has 8 nitrogen and oxygen atoms in total. The number of rotatable bonds is 7. The van der Waals surface area contributed by atoms with Gasteiger partial charge in [-0.1, -0.05) is 0 Å². The standard InChI is InChI=1S/C24H24F2N4O4S/c1-11(31)9-30-10-17-13(23(30)33)4-5-19(28-17)29-22-14(21(27)32)8-18(35-22)20-15(25)6-12(7-16(20)26)24(2,3)34/h4-8,11,31,34H,9-10H2,1-3H3,(H2,27,32)(H,28,29)/t11-/m1/s1. The fraction of sp³-hybridized carbons (Fsp3) is 0.292. The lowest BCUT2D eigenvalue weighted by molar-refractivity contribution is 0.0671. The van der Waals surface area contributed by atoms with Crippen molar-refractivity contribution in [3.63, 3.8) is 0 Å². The summed E-state index contributed by atoms with van der Waals surface area (Å²) in [4.78, 5) is 30.6. The van der Waals surface area contributed by atoms with Gasteiger partial charge in [-0.2, -0.15) is 0 Å². The molecule has 0 bridgehead atoms. The lowest BCUT2D eigenvalue weighted by Gasteiger charge is -2.18. The van der Waals surface area contributed by atoms with Gasteiger partial charge in [0.15, 0.2) is 0 Å². The Bertz CT molecular complexity index is 1310. The first kappa shape index (κ1) is 24.7. The summed E-state index contributed by atoms with van der Waals surface area (Å²) in [7, 11) is 0. The van der Waals surface area contributed by atoms with E-state index >= 15 is 0 Å². The summed E-state index contributed by atoms with van der Waals surface area (Å²) < 4.78 is 29.7. The molecule has 0 spiro atoms. The Labute approximate surface area is 204 Å². The second-order valence-corrected chi connectivity index (χ2v) is 9.99. The van der Waals surface area contributed by atoms with Crippen molar-refractivity contribution in [3.8, 4) is 10.4 Å². The van der Waals surface area contributed by atoms with Crippen molar-refractivity contribution in [2.75, 3.05) is 11.9 Å². The largest absolute Gasteiger partial charge is 0.392 e. The van der Waals surface area contributed by atoms with Gasteiger partial charge in [0.25, 0.3) is 11.8 Å². The summed E-state index contributed by atoms with van der Waals surface area (Å²) in [5.74, 6) is -2.51. The predicted molar refractivity (Wildman–Crippen MR) is 127 cm³/mol. The maximum absolute atomic E-state index is 14.9. The molecule has 1 aliphatic heterocycles. The molecular formula is C24H24F2N4O4S. The highest BCUT2D eigenvalue weighted by atomic mass is 32.1. The van der Waals surface area contributed by atoms with Crippen molar-refractivity contribution >= 4 is 34.0 Å². The number of carbonyl (C=O) groups excluding carboxylic acids is 2. The van der Waals surface area contributed by atoms with Crippen LogP contribution in [-0.2, 0) is 12.1 Å². The van der Waals surface area contributed by atoms with Crippen LogP contribution in [0.2, 0.25) is 0 Å². The fourth-order valence-corrected chi connectivity index (χ4v) is 4.96. The van der Waals surface area contributed by atoms with Crippen LogP contribution < -0.4 is 11.1 Å². The maximum Gasteiger partial charge on any atom is 0.256 e. The Morgan fingerprint density at radius 2 is 1.94 bits per heavy atom. The second kappa shape index (κ2) is 8.99. The number of nitrogens with one attached hydrogen (secondary N) is 1. The quantitative estimate of drug-likeness (QED) is 0.392. The van der Waals surface area contributed by atoms with Crippen molar-refractivity contribution in [2.45, 2.75) is 39.0 Å². The minimum absolute atomic E-state index is 0.0180. The highest BCUT2D eigenvalue weighted by Gasteiger charge is 2.30. The molecule has 1 aromatic carbocycles. The molecule has 0 fully saturated rings. The number of anilines is 2. The number of hydrogen-bond donors (Lipinski definition) is 4. The van der Waals surface area contributed by atoms with Gasteiger partial charge in [0, 0.05) is 11.4 Å². The van der Waals surface area contributed by atoms with E-state index in [2.05, 4.69) is 10.3 Å². The average molecular weight is 503 g/mol. The molecule has 0 unspecified atom stereocenters. The van der Waals surface area contributed by atoms with E-state index in [-0.39, 0.29) is 45.6 Å². The highest BCUT2D eigenvalue weighted by Crippen LogP contribution is 2.40. The van der Waals surface area contributed by atoms with Crippen LogP contribution >= 0.6 is 11.3 Å². The topological polar surface area (TPSA) is 129 Å². The Kier molecular flexibility index (Phi) is 6.34. The Hall–Kier alpha value is -3.41. The van der Waals surface area contributed by atoms with E-state index in [1.54, 1.807) is 19.1 Å². The van der Waals surface area contributed by atoms with Crippen molar-refractivity contribution in [1.82, 2.24) is 9.88 Å². The van der Waals surface area contributed by atoms with Crippen molar-refractivity contribution in [1.29, 1.82) is 0 Å². The molecule has 1 atom stereocenters. The van der Waals surface area contributed by atoms with E-state index in [1.165, 1.54) is 24.8 Å². The molecule has 4 rings (SSSR count). The number of primary amides is 1. The molecule has 0 saturated carbocycles. The number of pyridine rings is 1. The number of thiophene rings is 1. The number of aliphatic hydroxyl groups excluding tert-OH is 1. The van der Waals surface area contributed by atoms with E-state index in [9.17, 15) is 28.6 Å². The van der Waals surface area contributed by atoms with Crippen molar-refractivity contribution in [3.05, 3.63) is 64.4 Å². The van der Waals surface area contributed by atoms with Gasteiger partial charge in [-0.3, -0.25) is 9.59 Å². The first-order valence-electron chi connectivity index (χ1n) is 10.8. The number of β-amino-alcohol motifs (C(OH)–C–C–N with tert-alkyl or cyclic N) is 1. The van der Waals surface area contributed by atoms with Crippen LogP contribution in [0.25, 0.3) is 10.4 Å². The van der Waals surface area contributed by atoms with E-state index < -0.39 is 29.2 Å². The van der Waals surface area contributed by atoms with Gasteiger partial charge in [-0.25, -0.2) is 13.8 Å². The molecule has 5 N–H and O–H groups in total. The van der Waals surface area contributed by atoms with Crippen LogP contribution in [0.3, 0.4) is 0 Å². The third-order valence-electron chi connectivity index (χ3n) is 5.55. The number of fused-ring (bicyclic) bond motifs is 1. The van der Waals surface area contributed by atoms with Crippen LogP contribution in [0.4, 0.5) is 19.6 Å². The minimum Gasteiger partial charge on any atom is -0.392 e. The predicted octanol–water partition coefficient (Wildman–Crippen LogP) is 3.49. The van der Waals surface area contributed by atoms with Crippen molar-refractivity contribution < 1.29 is 28.6 Å². The number of hydrogen-bond acceptors (Lipinski definition) is 7. The number of nitrogens with two attached hydrogens (primary N) is 1. The molecule has 1 aliphatic rings. The molecule has 3 heterocycles. The van der Waals surface area contributed by atoms with Gasteiger partial charge in [0.1, 0.15) is 22.5 Å². The summed E-state index contributed by atoms with van der Waals surface area (Å²) >= 11 is 0.915. The number of nitrogens with zero attached hydrogens (tertiary/aromatic N) is 2. The molecule has 35 heavy (non-hydrogen) atoms. The van der Waals surface area contributed by atoms with Gasteiger partial charge < -0.3 is 26.2 Å². The highest BCUT2D eigenvalue weighted by molar-refractivity contribution is 7.20. The van der Waals surface area contributed by atoms with Gasteiger partial charge in [-0.05, 0) is 56.7 Å². The third kappa shape index (κ3) is 4.88. The average Bonchev–Trinajstić information content (AvgIpc) is 3.27. The SMILES string of the molecule is C[C@@H](O)CN1Cc2nc(Nc3sc(-c4c(F)cc(C(C)(C)O)cc4F)cc3C(N)=O)ccc2C1=O. The van der Waals surface area contributed by atoms with E-state index in [1.807, 2.05) is 0 Å². The lowest BCUT2D eigenvalue weighted by Crippen LogP contribution is -2.31.